The van der Waals surface area contributed by atoms with Crippen LogP contribution in [0.4, 0.5) is 0 Å². The Morgan fingerprint density at radius 2 is 1.90 bits per heavy atom. The molecule has 11 heteroatoms. The van der Waals surface area contributed by atoms with Crippen molar-refractivity contribution in [2.24, 2.45) is 0 Å². The van der Waals surface area contributed by atoms with Gasteiger partial charge in [-0.2, -0.15) is 5.10 Å². The molecule has 1 aliphatic rings. The number of fused-ring (bicyclic) bond motifs is 1. The maximum Gasteiger partial charge on any atom is 0.345 e. The number of rotatable bonds is 7. The number of hydrogen-bond donors (Lipinski definition) is 0. The van der Waals surface area contributed by atoms with Gasteiger partial charge >= 0.3 is 11.6 Å². The summed E-state index contributed by atoms with van der Waals surface area (Å²) in [7, 11) is -1.66. The zero-order valence-corrected chi connectivity index (χ0v) is 21.8. The van der Waals surface area contributed by atoms with E-state index in [4.69, 9.17) is 9.15 Å². The molecule has 0 bridgehead atoms. The summed E-state index contributed by atoms with van der Waals surface area (Å²) in [5.74, 6) is -1.34. The highest BCUT2D eigenvalue weighted by molar-refractivity contribution is 7.91. The predicted octanol–water partition coefficient (Wildman–Crippen LogP) is 2.85. The highest BCUT2D eigenvalue weighted by Gasteiger charge is 2.32. The summed E-state index contributed by atoms with van der Waals surface area (Å²) in [6, 6.07) is 17.6. The van der Waals surface area contributed by atoms with Gasteiger partial charge in [0, 0.05) is 36.3 Å². The molecule has 10 nitrogen and oxygen atoms in total. The number of sulfone groups is 1. The number of carbonyl (C=O) groups is 2. The number of esters is 1. The first kappa shape index (κ1) is 26.1. The van der Waals surface area contributed by atoms with E-state index in [-0.39, 0.29) is 17.1 Å². The van der Waals surface area contributed by atoms with Crippen molar-refractivity contribution >= 4 is 38.8 Å². The third-order valence-corrected chi connectivity index (χ3v) is 8.30. The van der Waals surface area contributed by atoms with Crippen LogP contribution in [-0.2, 0) is 24.2 Å². The van der Waals surface area contributed by atoms with Crippen LogP contribution in [0, 0.1) is 0 Å². The smallest absolute Gasteiger partial charge is 0.345 e. The third-order valence-electron chi connectivity index (χ3n) is 6.55. The number of likely N-dealkylation sites (N-methyl/N-ethyl adjacent to an activating group) is 1. The second-order valence-electron chi connectivity index (χ2n) is 9.20. The highest BCUT2D eigenvalue weighted by atomic mass is 32.2. The highest BCUT2D eigenvalue weighted by Crippen LogP contribution is 2.25. The minimum absolute atomic E-state index is 0.0341. The van der Waals surface area contributed by atoms with Gasteiger partial charge in [-0.25, -0.2) is 22.7 Å². The molecule has 0 aliphatic carbocycles. The summed E-state index contributed by atoms with van der Waals surface area (Å²) in [6.45, 7) is -0.527. The second-order valence-corrected chi connectivity index (χ2v) is 11.4. The lowest BCUT2D eigenvalue weighted by Crippen LogP contribution is -2.40. The number of nitrogens with zero attached hydrogens (tertiary/aromatic N) is 3. The van der Waals surface area contributed by atoms with Crippen LogP contribution >= 0.6 is 0 Å². The maximum atomic E-state index is 12.8. The lowest BCUT2D eigenvalue weighted by molar-refractivity contribution is -0.148. The normalized spacial score (nSPS) is 16.5. The molecule has 1 fully saturated rings. The molecule has 0 spiro atoms. The van der Waals surface area contributed by atoms with Crippen molar-refractivity contribution in [1.29, 1.82) is 0 Å². The average molecular weight is 548 g/mol. The zero-order chi connectivity index (χ0) is 27.6. The second kappa shape index (κ2) is 10.7. The van der Waals surface area contributed by atoms with Gasteiger partial charge in [-0.3, -0.25) is 4.79 Å². The zero-order valence-electron chi connectivity index (χ0n) is 21.0. The van der Waals surface area contributed by atoms with Crippen molar-refractivity contribution in [3.63, 3.8) is 0 Å². The summed E-state index contributed by atoms with van der Waals surface area (Å²) in [5, 5.41) is 5.31. The van der Waals surface area contributed by atoms with Gasteiger partial charge in [0.05, 0.1) is 22.8 Å². The van der Waals surface area contributed by atoms with E-state index in [0.29, 0.717) is 28.6 Å². The lowest BCUT2D eigenvalue weighted by Gasteiger charge is -2.22. The first-order chi connectivity index (χ1) is 18.7. The van der Waals surface area contributed by atoms with E-state index in [9.17, 15) is 22.8 Å². The van der Waals surface area contributed by atoms with Crippen LogP contribution in [0.15, 0.2) is 82.1 Å². The molecule has 0 radical (unpaired) electrons. The molecule has 1 amide bonds. The molecule has 1 aliphatic heterocycles. The summed E-state index contributed by atoms with van der Waals surface area (Å²) >= 11 is 0. The molecular formula is C28H25N3O7S. The minimum Gasteiger partial charge on any atom is -0.452 e. The number of ether oxygens (including phenoxy) is 1. The fourth-order valence-corrected chi connectivity index (χ4v) is 6.16. The van der Waals surface area contributed by atoms with E-state index < -0.39 is 40.0 Å². The van der Waals surface area contributed by atoms with Gasteiger partial charge in [0.1, 0.15) is 11.3 Å². The Morgan fingerprint density at radius 1 is 1.15 bits per heavy atom. The predicted molar refractivity (Wildman–Crippen MR) is 145 cm³/mol. The van der Waals surface area contributed by atoms with Gasteiger partial charge in [-0.1, -0.05) is 36.4 Å². The molecular weight excluding hydrogens is 522 g/mol. The van der Waals surface area contributed by atoms with Crippen LogP contribution in [0.3, 0.4) is 0 Å². The molecule has 0 saturated carbocycles. The number of amides is 1. The quantitative estimate of drug-likeness (QED) is 0.196. The summed E-state index contributed by atoms with van der Waals surface area (Å²) < 4.78 is 35.6. The van der Waals surface area contributed by atoms with E-state index in [1.54, 1.807) is 29.1 Å². The van der Waals surface area contributed by atoms with Crippen LogP contribution in [0.5, 0.6) is 0 Å². The number of carbonyl (C=O) groups excluding carboxylic acids is 2. The number of benzene rings is 2. The van der Waals surface area contributed by atoms with Crippen LogP contribution in [0.25, 0.3) is 34.0 Å². The van der Waals surface area contributed by atoms with Gasteiger partial charge < -0.3 is 14.1 Å². The Balaban J connectivity index is 1.37. The van der Waals surface area contributed by atoms with Gasteiger partial charge in [-0.05, 0) is 36.8 Å². The number of aromatic nitrogens is 2. The molecule has 1 saturated heterocycles. The standard InChI is InChI=1S/C28H25N3O7S/c1-30(22-13-14-39(35,36)18-22)25(32)17-37-26(33)12-11-20-16-31(21-8-3-2-4-9-21)29-27(20)23-15-19-7-5-6-10-24(19)38-28(23)34/h2-12,15-16,22H,13-14,17-18H2,1H3/b12-11+/t22-/m1/s1. The van der Waals surface area contributed by atoms with Gasteiger partial charge in [0.2, 0.25) is 0 Å². The summed E-state index contributed by atoms with van der Waals surface area (Å²) in [6.07, 6.45) is 4.63. The van der Waals surface area contributed by atoms with Crippen LogP contribution in [-0.4, -0.2) is 66.2 Å². The molecule has 2 aromatic heterocycles. The Bertz CT molecular complexity index is 1740. The van der Waals surface area contributed by atoms with Gasteiger partial charge in [0.15, 0.2) is 16.4 Å². The van der Waals surface area contributed by atoms with Gasteiger partial charge in [0.25, 0.3) is 5.91 Å². The van der Waals surface area contributed by atoms with Crippen LogP contribution in [0.2, 0.25) is 0 Å². The first-order valence-electron chi connectivity index (χ1n) is 12.2. The molecule has 200 valence electrons. The maximum absolute atomic E-state index is 12.8. The Labute approximate surface area is 224 Å². The Morgan fingerprint density at radius 3 is 2.64 bits per heavy atom. The fraction of sp³-hybridized carbons (Fsp3) is 0.214. The van der Waals surface area contributed by atoms with E-state index in [1.807, 2.05) is 42.5 Å². The van der Waals surface area contributed by atoms with Crippen molar-refractivity contribution in [3.05, 3.63) is 88.9 Å². The average Bonchev–Trinajstić information content (AvgIpc) is 3.53. The Hall–Kier alpha value is -4.51. The van der Waals surface area contributed by atoms with Crippen LogP contribution < -0.4 is 5.63 Å². The molecule has 3 heterocycles. The van der Waals surface area contributed by atoms with E-state index >= 15 is 0 Å². The molecule has 0 N–H and O–H groups in total. The third kappa shape index (κ3) is 5.83. The molecule has 0 unspecified atom stereocenters. The lowest BCUT2D eigenvalue weighted by atomic mass is 10.1. The monoisotopic (exact) mass is 547 g/mol. The van der Waals surface area contributed by atoms with Crippen LogP contribution in [0.1, 0.15) is 12.0 Å². The molecule has 5 rings (SSSR count). The van der Waals surface area contributed by atoms with Crippen molar-refractivity contribution in [2.45, 2.75) is 12.5 Å². The fourth-order valence-electron chi connectivity index (χ4n) is 4.38. The van der Waals surface area contributed by atoms with Gasteiger partial charge in [-0.15, -0.1) is 0 Å². The van der Waals surface area contributed by atoms with Crippen molar-refractivity contribution in [2.75, 3.05) is 25.2 Å². The molecule has 39 heavy (non-hydrogen) atoms. The first-order valence-corrected chi connectivity index (χ1v) is 14.0. The molecule has 4 aromatic rings. The van der Waals surface area contributed by atoms with E-state index in [2.05, 4.69) is 5.10 Å². The number of hydrogen-bond acceptors (Lipinski definition) is 8. The van der Waals surface area contributed by atoms with E-state index in [1.165, 1.54) is 18.0 Å². The summed E-state index contributed by atoms with van der Waals surface area (Å²) in [4.78, 5) is 39.0. The number of para-hydroxylation sites is 2. The van der Waals surface area contributed by atoms with Crippen molar-refractivity contribution in [3.8, 4) is 16.9 Å². The van der Waals surface area contributed by atoms with E-state index in [0.717, 1.165) is 11.8 Å². The largest absolute Gasteiger partial charge is 0.452 e. The minimum atomic E-state index is -3.15. The van der Waals surface area contributed by atoms with Crippen molar-refractivity contribution in [1.82, 2.24) is 14.7 Å². The summed E-state index contributed by atoms with van der Waals surface area (Å²) in [5.41, 5.74) is 1.60. The SMILES string of the molecule is CN(C(=O)COC(=O)/C=C/c1cn(-c2ccccc2)nc1-c1cc2ccccc2oc1=O)[C@@H]1CCS(=O)(=O)C1. The molecule has 1 atom stereocenters. The van der Waals surface area contributed by atoms with Crippen molar-refractivity contribution < 1.29 is 27.2 Å². The molecule has 2 aromatic carbocycles. The topological polar surface area (TPSA) is 129 Å². The Kier molecular flexibility index (Phi) is 7.16.